The lowest BCUT2D eigenvalue weighted by Crippen LogP contribution is -2.54. The summed E-state index contributed by atoms with van der Waals surface area (Å²) in [6.07, 6.45) is 7.73. The van der Waals surface area contributed by atoms with Crippen LogP contribution in [-0.4, -0.2) is 49.7 Å². The molecule has 7 nitrogen and oxygen atoms in total. The molecule has 0 radical (unpaired) electrons. The lowest BCUT2D eigenvalue weighted by molar-refractivity contribution is -0.146. The number of nitrogens with one attached hydrogen (secondary N) is 2. The maximum atomic E-state index is 13.4. The molecule has 2 N–H and O–H groups in total. The second-order valence-corrected chi connectivity index (χ2v) is 15.9. The number of ketones is 1. The summed E-state index contributed by atoms with van der Waals surface area (Å²) in [5, 5.41) is 4.58. The van der Waals surface area contributed by atoms with Crippen molar-refractivity contribution in [3.05, 3.63) is 63.8 Å². The van der Waals surface area contributed by atoms with Crippen molar-refractivity contribution in [3.63, 3.8) is 0 Å². The highest BCUT2D eigenvalue weighted by molar-refractivity contribution is 7.92. The Hall–Kier alpha value is -2.84. The standard InChI is InChI=1S/C34H41ClN2O5S/c1-21-12-26(13-22(2)31(21)35)42-10-5-7-28-27-6-3-4-8-29(27)37-32(28)30(38)20-43(40,41)11-9-36-33(39)34-17-23-14-24(18-34)16-25(15-23)19-34/h3-4,6,8,12-13,23-25,37H,5,7,9-11,14-20H2,1-2H3,(H,36,39). The fraction of sp³-hybridized carbons (Fsp3) is 0.529. The van der Waals surface area contributed by atoms with E-state index in [-0.39, 0.29) is 23.6 Å². The Morgan fingerprint density at radius 2 is 1.65 bits per heavy atom. The van der Waals surface area contributed by atoms with Crippen molar-refractivity contribution in [1.29, 1.82) is 0 Å². The van der Waals surface area contributed by atoms with Crippen LogP contribution in [-0.2, 0) is 21.1 Å². The number of para-hydroxylation sites is 1. The first-order valence-corrected chi connectivity index (χ1v) is 17.7. The average molecular weight is 625 g/mol. The molecule has 4 fully saturated rings. The first-order chi connectivity index (χ1) is 20.5. The normalized spacial score (nSPS) is 24.4. The molecule has 230 valence electrons. The molecule has 0 spiro atoms. The molecule has 0 saturated heterocycles. The zero-order valence-electron chi connectivity index (χ0n) is 25.0. The van der Waals surface area contributed by atoms with Crippen LogP contribution in [0.1, 0.15) is 72.1 Å². The minimum atomic E-state index is -3.73. The first-order valence-electron chi connectivity index (χ1n) is 15.5. The van der Waals surface area contributed by atoms with Gasteiger partial charge in [-0.1, -0.05) is 29.8 Å². The number of carbonyl (C=O) groups is 2. The molecule has 1 amide bonds. The van der Waals surface area contributed by atoms with Gasteiger partial charge in [-0.05, 0) is 118 Å². The van der Waals surface area contributed by atoms with E-state index in [2.05, 4.69) is 10.3 Å². The molecule has 3 aromatic rings. The van der Waals surface area contributed by atoms with Crippen molar-refractivity contribution in [2.24, 2.45) is 23.2 Å². The number of fused-ring (bicyclic) bond motifs is 1. The van der Waals surface area contributed by atoms with E-state index in [1.54, 1.807) is 0 Å². The Morgan fingerprint density at radius 3 is 2.30 bits per heavy atom. The molecular weight excluding hydrogens is 584 g/mol. The topological polar surface area (TPSA) is 105 Å². The Bertz CT molecular complexity index is 1600. The van der Waals surface area contributed by atoms with Crippen molar-refractivity contribution >= 4 is 44.0 Å². The molecule has 0 atom stereocenters. The van der Waals surface area contributed by atoms with E-state index in [0.29, 0.717) is 42.9 Å². The van der Waals surface area contributed by atoms with E-state index < -0.39 is 21.4 Å². The van der Waals surface area contributed by atoms with E-state index >= 15 is 0 Å². The molecule has 4 aliphatic rings. The molecule has 0 unspecified atom stereocenters. The fourth-order valence-electron chi connectivity index (χ4n) is 8.37. The SMILES string of the molecule is Cc1cc(OCCCc2c(C(=O)CS(=O)(=O)CCNC(=O)C34CC5CC(CC(C5)C3)C4)[nH]c3ccccc23)cc(C)c1Cl. The number of aromatic amines is 1. The molecule has 9 heteroatoms. The number of benzene rings is 2. The quantitative estimate of drug-likeness (QED) is 0.180. The molecule has 1 heterocycles. The van der Waals surface area contributed by atoms with Crippen molar-refractivity contribution in [2.75, 3.05) is 24.7 Å². The number of ether oxygens (including phenoxy) is 1. The van der Waals surface area contributed by atoms with Gasteiger partial charge in [-0.2, -0.15) is 0 Å². The molecule has 4 aliphatic carbocycles. The number of aromatic nitrogens is 1. The highest BCUT2D eigenvalue weighted by atomic mass is 35.5. The summed E-state index contributed by atoms with van der Waals surface area (Å²) in [5.41, 5.74) is 3.52. The number of H-pyrrole nitrogens is 1. The van der Waals surface area contributed by atoms with Crippen molar-refractivity contribution < 1.29 is 22.7 Å². The molecule has 4 bridgehead atoms. The van der Waals surface area contributed by atoms with Gasteiger partial charge in [0.15, 0.2) is 15.6 Å². The third kappa shape index (κ3) is 6.37. The Labute approximate surface area is 259 Å². The smallest absolute Gasteiger partial charge is 0.226 e. The molecular formula is C34H41ClN2O5S. The van der Waals surface area contributed by atoms with Gasteiger partial charge in [0.1, 0.15) is 11.5 Å². The van der Waals surface area contributed by atoms with Gasteiger partial charge in [0.05, 0.1) is 18.1 Å². The number of amides is 1. The monoisotopic (exact) mass is 624 g/mol. The molecule has 2 aromatic carbocycles. The summed E-state index contributed by atoms with van der Waals surface area (Å²) >= 11 is 6.27. The third-order valence-corrected chi connectivity index (χ3v) is 12.0. The van der Waals surface area contributed by atoms with E-state index in [4.69, 9.17) is 16.3 Å². The van der Waals surface area contributed by atoms with E-state index in [1.165, 1.54) is 19.3 Å². The van der Waals surface area contributed by atoms with Gasteiger partial charge < -0.3 is 15.0 Å². The molecule has 4 saturated carbocycles. The van der Waals surface area contributed by atoms with Crippen LogP contribution in [0, 0.1) is 37.0 Å². The molecule has 7 rings (SSSR count). The van der Waals surface area contributed by atoms with Gasteiger partial charge in [-0.25, -0.2) is 8.42 Å². The van der Waals surface area contributed by atoms with Crippen LogP contribution in [0.15, 0.2) is 36.4 Å². The zero-order valence-corrected chi connectivity index (χ0v) is 26.6. The van der Waals surface area contributed by atoms with Crippen LogP contribution in [0.3, 0.4) is 0 Å². The zero-order chi connectivity index (χ0) is 30.4. The highest BCUT2D eigenvalue weighted by Crippen LogP contribution is 2.60. The molecule has 43 heavy (non-hydrogen) atoms. The van der Waals surface area contributed by atoms with Gasteiger partial charge in [0.2, 0.25) is 5.91 Å². The van der Waals surface area contributed by atoms with Gasteiger partial charge in [-0.3, -0.25) is 9.59 Å². The van der Waals surface area contributed by atoms with E-state index in [0.717, 1.165) is 57.6 Å². The average Bonchev–Trinajstić information content (AvgIpc) is 3.31. The second kappa shape index (κ2) is 11.9. The van der Waals surface area contributed by atoms with Crippen molar-refractivity contribution in [2.45, 2.75) is 65.2 Å². The summed E-state index contributed by atoms with van der Waals surface area (Å²) in [6, 6.07) is 11.4. The maximum Gasteiger partial charge on any atom is 0.226 e. The Kier molecular flexibility index (Phi) is 8.37. The number of Topliss-reactive ketones (excluding diaryl/α,β-unsaturated/α-hetero) is 1. The van der Waals surface area contributed by atoms with Gasteiger partial charge in [-0.15, -0.1) is 0 Å². The number of rotatable bonds is 12. The van der Waals surface area contributed by atoms with Gasteiger partial charge in [0.25, 0.3) is 0 Å². The third-order valence-electron chi connectivity index (χ3n) is 9.91. The van der Waals surface area contributed by atoms with Crippen molar-refractivity contribution in [1.82, 2.24) is 10.3 Å². The van der Waals surface area contributed by atoms with Crippen LogP contribution >= 0.6 is 11.6 Å². The minimum Gasteiger partial charge on any atom is -0.494 e. The van der Waals surface area contributed by atoms with Crippen molar-refractivity contribution in [3.8, 4) is 5.75 Å². The molecule has 1 aromatic heterocycles. The highest BCUT2D eigenvalue weighted by Gasteiger charge is 2.54. The summed E-state index contributed by atoms with van der Waals surface area (Å²) in [6.45, 7) is 4.36. The van der Waals surface area contributed by atoms with Crippen LogP contribution in [0.4, 0.5) is 0 Å². The number of aryl methyl sites for hydroxylation is 3. The summed E-state index contributed by atoms with van der Waals surface area (Å²) < 4.78 is 32.1. The predicted octanol–water partition coefficient (Wildman–Crippen LogP) is 6.38. The van der Waals surface area contributed by atoms with Crippen LogP contribution < -0.4 is 10.1 Å². The number of hydrogen-bond donors (Lipinski definition) is 2. The largest absolute Gasteiger partial charge is 0.494 e. The first kappa shape index (κ1) is 30.2. The number of carbonyl (C=O) groups excluding carboxylic acids is 2. The summed E-state index contributed by atoms with van der Waals surface area (Å²) in [5.74, 6) is 1.38. The van der Waals surface area contributed by atoms with Crippen LogP contribution in [0.5, 0.6) is 5.75 Å². The minimum absolute atomic E-state index is 0.0113. The van der Waals surface area contributed by atoms with Gasteiger partial charge in [0, 0.05) is 27.9 Å². The number of hydrogen-bond acceptors (Lipinski definition) is 5. The lowest BCUT2D eigenvalue weighted by atomic mass is 9.49. The van der Waals surface area contributed by atoms with Crippen LogP contribution in [0.2, 0.25) is 5.02 Å². The van der Waals surface area contributed by atoms with E-state index in [9.17, 15) is 18.0 Å². The van der Waals surface area contributed by atoms with E-state index in [1.807, 2.05) is 50.2 Å². The fourth-order valence-corrected chi connectivity index (χ4v) is 9.58. The number of sulfone groups is 1. The number of halogens is 1. The molecule has 0 aliphatic heterocycles. The Morgan fingerprint density at radius 1 is 1.02 bits per heavy atom. The Balaban J connectivity index is 1.06. The summed E-state index contributed by atoms with van der Waals surface area (Å²) in [4.78, 5) is 29.8. The predicted molar refractivity (Wildman–Crippen MR) is 170 cm³/mol. The summed E-state index contributed by atoms with van der Waals surface area (Å²) in [7, 11) is -3.73. The van der Waals surface area contributed by atoms with Gasteiger partial charge >= 0.3 is 0 Å². The maximum absolute atomic E-state index is 13.4. The lowest BCUT2D eigenvalue weighted by Gasteiger charge is -2.55. The second-order valence-electron chi connectivity index (χ2n) is 13.3. The van der Waals surface area contributed by atoms with Crippen LogP contribution in [0.25, 0.3) is 10.9 Å².